The summed E-state index contributed by atoms with van der Waals surface area (Å²) in [5.41, 5.74) is 0.511. The summed E-state index contributed by atoms with van der Waals surface area (Å²) in [5, 5.41) is 3.46. The van der Waals surface area contributed by atoms with Crippen LogP contribution >= 0.6 is 0 Å². The summed E-state index contributed by atoms with van der Waals surface area (Å²) in [4.78, 5) is 0. The Morgan fingerprint density at radius 3 is 2.21 bits per heavy atom. The first-order valence-corrected chi connectivity index (χ1v) is 8.67. The highest BCUT2D eigenvalue weighted by Gasteiger charge is 2.39. The molecule has 0 heterocycles. The van der Waals surface area contributed by atoms with Crippen LogP contribution in [0.1, 0.15) is 72.1 Å². The summed E-state index contributed by atoms with van der Waals surface area (Å²) in [6.07, 6.45) is 11.9. The third kappa shape index (κ3) is 3.97. The molecule has 0 amide bonds. The van der Waals surface area contributed by atoms with Crippen LogP contribution in [0.5, 0.6) is 0 Å². The highest BCUT2D eigenvalue weighted by atomic mass is 14.8. The van der Waals surface area contributed by atoms with Crippen LogP contribution in [0.25, 0.3) is 0 Å². The Morgan fingerprint density at radius 2 is 1.63 bits per heavy atom. The molecule has 1 heteroatoms. The van der Waals surface area contributed by atoms with Gasteiger partial charge in [0.25, 0.3) is 0 Å². The Kier molecular flexibility index (Phi) is 5.34. The average molecular weight is 265 g/mol. The van der Waals surface area contributed by atoms with Crippen molar-refractivity contribution in [1.29, 1.82) is 0 Å². The number of nitrogens with one attached hydrogen (secondary N) is 1. The fourth-order valence-electron chi connectivity index (χ4n) is 4.71. The predicted molar refractivity (Wildman–Crippen MR) is 84.3 cm³/mol. The zero-order chi connectivity index (χ0) is 13.9. The van der Waals surface area contributed by atoms with Gasteiger partial charge in [0.1, 0.15) is 0 Å². The van der Waals surface area contributed by atoms with Crippen molar-refractivity contribution in [3.05, 3.63) is 0 Å². The Balaban J connectivity index is 2.03. The fourth-order valence-corrected chi connectivity index (χ4v) is 4.71. The normalized spacial score (nSPS) is 34.4. The summed E-state index contributed by atoms with van der Waals surface area (Å²) in [6.45, 7) is 8.61. The monoisotopic (exact) mass is 265 g/mol. The van der Waals surface area contributed by atoms with Crippen LogP contribution in [-0.2, 0) is 0 Å². The van der Waals surface area contributed by atoms with E-state index in [2.05, 4.69) is 33.1 Å². The Hall–Kier alpha value is -0.0400. The molecular formula is C18H35N. The van der Waals surface area contributed by atoms with E-state index in [0.29, 0.717) is 5.41 Å². The molecule has 3 atom stereocenters. The van der Waals surface area contributed by atoms with Crippen LogP contribution in [0, 0.1) is 29.1 Å². The van der Waals surface area contributed by atoms with E-state index in [1.807, 2.05) is 0 Å². The first kappa shape index (κ1) is 15.4. The Bertz CT molecular complexity index is 255. The van der Waals surface area contributed by atoms with Gasteiger partial charge < -0.3 is 5.32 Å². The van der Waals surface area contributed by atoms with Crippen LogP contribution in [-0.4, -0.2) is 13.6 Å². The maximum absolute atomic E-state index is 3.46. The predicted octanol–water partition coefficient (Wildman–Crippen LogP) is 4.86. The largest absolute Gasteiger partial charge is 0.319 e. The van der Waals surface area contributed by atoms with Gasteiger partial charge >= 0.3 is 0 Å². The van der Waals surface area contributed by atoms with Gasteiger partial charge in [-0.15, -0.1) is 0 Å². The summed E-state index contributed by atoms with van der Waals surface area (Å²) >= 11 is 0. The van der Waals surface area contributed by atoms with Crippen molar-refractivity contribution in [1.82, 2.24) is 5.32 Å². The van der Waals surface area contributed by atoms with Gasteiger partial charge in [-0.05, 0) is 61.9 Å². The molecule has 0 bridgehead atoms. The van der Waals surface area contributed by atoms with Crippen LogP contribution in [0.2, 0.25) is 0 Å². The van der Waals surface area contributed by atoms with Gasteiger partial charge in [-0.1, -0.05) is 52.9 Å². The third-order valence-electron chi connectivity index (χ3n) is 5.99. The van der Waals surface area contributed by atoms with Gasteiger partial charge in [-0.25, -0.2) is 0 Å². The molecule has 1 nitrogen and oxygen atoms in total. The van der Waals surface area contributed by atoms with Gasteiger partial charge in [-0.3, -0.25) is 0 Å². The minimum Gasteiger partial charge on any atom is -0.319 e. The zero-order valence-corrected chi connectivity index (χ0v) is 13.7. The minimum atomic E-state index is 0.511. The second kappa shape index (κ2) is 6.61. The molecule has 2 fully saturated rings. The van der Waals surface area contributed by atoms with Gasteiger partial charge in [0.2, 0.25) is 0 Å². The van der Waals surface area contributed by atoms with E-state index in [4.69, 9.17) is 0 Å². The van der Waals surface area contributed by atoms with Crippen molar-refractivity contribution in [2.75, 3.05) is 13.6 Å². The molecule has 2 aliphatic carbocycles. The zero-order valence-electron chi connectivity index (χ0n) is 13.7. The topological polar surface area (TPSA) is 12.0 Å². The summed E-state index contributed by atoms with van der Waals surface area (Å²) in [7, 11) is 2.13. The van der Waals surface area contributed by atoms with E-state index in [-0.39, 0.29) is 0 Å². The molecule has 0 saturated heterocycles. The molecule has 0 aromatic heterocycles. The lowest BCUT2D eigenvalue weighted by Gasteiger charge is -2.46. The molecule has 2 aliphatic rings. The standard InChI is InChI=1S/C18H35N/c1-18(2,3)16-11-10-15(13-19-4)17(12-16)14-8-6-5-7-9-14/h14-17,19H,5-13H2,1-4H3. The van der Waals surface area contributed by atoms with Crippen LogP contribution in [0.3, 0.4) is 0 Å². The summed E-state index contributed by atoms with van der Waals surface area (Å²) in [6, 6.07) is 0. The number of hydrogen-bond donors (Lipinski definition) is 1. The highest BCUT2D eigenvalue weighted by Crippen LogP contribution is 2.47. The Morgan fingerprint density at radius 1 is 0.947 bits per heavy atom. The van der Waals surface area contributed by atoms with Crippen LogP contribution in [0.15, 0.2) is 0 Å². The summed E-state index contributed by atoms with van der Waals surface area (Å²) < 4.78 is 0. The molecule has 0 radical (unpaired) electrons. The molecule has 0 spiro atoms. The first-order valence-electron chi connectivity index (χ1n) is 8.67. The fraction of sp³-hybridized carbons (Fsp3) is 1.00. The first-order chi connectivity index (χ1) is 9.02. The smallest absolute Gasteiger partial charge is 0.00208 e. The van der Waals surface area contributed by atoms with Crippen molar-refractivity contribution in [2.24, 2.45) is 29.1 Å². The highest BCUT2D eigenvalue weighted by molar-refractivity contribution is 4.90. The van der Waals surface area contributed by atoms with Gasteiger partial charge in [-0.2, -0.15) is 0 Å². The second-order valence-electron chi connectivity index (χ2n) is 8.26. The van der Waals surface area contributed by atoms with Crippen molar-refractivity contribution in [3.8, 4) is 0 Å². The van der Waals surface area contributed by atoms with E-state index >= 15 is 0 Å². The molecule has 0 aromatic rings. The maximum Gasteiger partial charge on any atom is -0.00208 e. The van der Waals surface area contributed by atoms with E-state index in [0.717, 1.165) is 23.7 Å². The molecule has 2 rings (SSSR count). The van der Waals surface area contributed by atoms with E-state index in [9.17, 15) is 0 Å². The lowest BCUT2D eigenvalue weighted by Crippen LogP contribution is -2.39. The Labute approximate surface area is 120 Å². The molecule has 0 aliphatic heterocycles. The number of hydrogen-bond acceptors (Lipinski definition) is 1. The van der Waals surface area contributed by atoms with Crippen LogP contribution < -0.4 is 5.32 Å². The van der Waals surface area contributed by atoms with Crippen molar-refractivity contribution < 1.29 is 0 Å². The maximum atomic E-state index is 3.46. The molecule has 3 unspecified atom stereocenters. The van der Waals surface area contributed by atoms with Crippen molar-refractivity contribution >= 4 is 0 Å². The molecule has 0 aromatic carbocycles. The van der Waals surface area contributed by atoms with Gasteiger partial charge in [0.15, 0.2) is 0 Å². The van der Waals surface area contributed by atoms with Crippen molar-refractivity contribution in [3.63, 3.8) is 0 Å². The van der Waals surface area contributed by atoms with E-state index < -0.39 is 0 Å². The average Bonchev–Trinajstić information content (AvgIpc) is 2.39. The number of rotatable bonds is 3. The van der Waals surface area contributed by atoms with Crippen molar-refractivity contribution in [2.45, 2.75) is 72.1 Å². The summed E-state index contributed by atoms with van der Waals surface area (Å²) in [5.74, 6) is 3.95. The quantitative estimate of drug-likeness (QED) is 0.768. The van der Waals surface area contributed by atoms with Gasteiger partial charge in [0.05, 0.1) is 0 Å². The SMILES string of the molecule is CNCC1CCC(C(C)(C)C)CC1C1CCCCC1. The lowest BCUT2D eigenvalue weighted by atomic mass is 9.60. The van der Waals surface area contributed by atoms with Gasteiger partial charge in [0, 0.05) is 0 Å². The molecule has 1 N–H and O–H groups in total. The van der Waals surface area contributed by atoms with E-state index in [1.165, 1.54) is 57.9 Å². The van der Waals surface area contributed by atoms with Crippen LogP contribution in [0.4, 0.5) is 0 Å². The minimum absolute atomic E-state index is 0.511. The van der Waals surface area contributed by atoms with E-state index in [1.54, 1.807) is 0 Å². The second-order valence-corrected chi connectivity index (χ2v) is 8.26. The third-order valence-corrected chi connectivity index (χ3v) is 5.99. The molecular weight excluding hydrogens is 230 g/mol. The lowest BCUT2D eigenvalue weighted by molar-refractivity contribution is 0.0515. The molecule has 19 heavy (non-hydrogen) atoms. The molecule has 112 valence electrons. The molecule has 2 saturated carbocycles.